The molecule has 0 aliphatic carbocycles. The van der Waals surface area contributed by atoms with Crippen LogP contribution in [0, 0.1) is 17.7 Å². The number of hydrogen-bond acceptors (Lipinski definition) is 5. The number of fused-ring (bicyclic) bond motifs is 1. The number of ether oxygens (including phenoxy) is 1. The predicted molar refractivity (Wildman–Crippen MR) is 133 cm³/mol. The van der Waals surface area contributed by atoms with Crippen molar-refractivity contribution in [2.45, 2.75) is 19.1 Å². The van der Waals surface area contributed by atoms with Crippen LogP contribution in [-0.2, 0) is 23.9 Å². The number of carboxylic acid groups (broad SMARTS) is 1. The van der Waals surface area contributed by atoms with Gasteiger partial charge >= 0.3 is 12.1 Å². The van der Waals surface area contributed by atoms with Crippen LogP contribution in [0.3, 0.4) is 0 Å². The number of alkyl halides is 3. The summed E-state index contributed by atoms with van der Waals surface area (Å²) in [6.07, 6.45) is -4.16. The van der Waals surface area contributed by atoms with Crippen LogP contribution < -0.4 is 9.64 Å². The zero-order valence-electron chi connectivity index (χ0n) is 19.5. The molecule has 0 radical (unpaired) electrons. The summed E-state index contributed by atoms with van der Waals surface area (Å²) in [6, 6.07) is 15.0. The van der Waals surface area contributed by atoms with E-state index in [1.807, 2.05) is 4.90 Å². The number of thiazole rings is 1. The molecule has 0 saturated carbocycles. The Morgan fingerprint density at radius 2 is 1.86 bits per heavy atom. The Hall–Kier alpha value is -4.10. The maximum atomic E-state index is 14.5. The first-order valence-corrected chi connectivity index (χ1v) is 11.8. The van der Waals surface area contributed by atoms with Gasteiger partial charge in [0.2, 0.25) is 0 Å². The van der Waals surface area contributed by atoms with Crippen LogP contribution in [0.25, 0.3) is 10.2 Å². The second-order valence-electron chi connectivity index (χ2n) is 8.06. The quantitative estimate of drug-likeness (QED) is 0.230. The summed E-state index contributed by atoms with van der Waals surface area (Å²) >= 11 is 1.25. The standard InChI is InChI=1S/C27H20F4N2O3S/c1-36-21-9-7-19(22(28)15-21)12-13-33(16-18-4-2-17(3-5-18)6-11-25(34)35)26-32-23-14-20(27(29,30)31)8-10-24(23)37-26/h2-5,7-10,14-15H,12-13,16H2,1H3,(H,34,35). The van der Waals surface area contributed by atoms with Gasteiger partial charge in [0, 0.05) is 30.6 Å². The first kappa shape index (κ1) is 26.0. The Balaban J connectivity index is 1.63. The summed E-state index contributed by atoms with van der Waals surface area (Å²) in [5.74, 6) is 3.34. The van der Waals surface area contributed by atoms with Gasteiger partial charge in [0.25, 0.3) is 0 Å². The molecule has 0 spiro atoms. The Morgan fingerprint density at radius 3 is 2.51 bits per heavy atom. The molecule has 37 heavy (non-hydrogen) atoms. The molecule has 0 bridgehead atoms. The first-order chi connectivity index (χ1) is 17.6. The topological polar surface area (TPSA) is 62.7 Å². The van der Waals surface area contributed by atoms with Crippen molar-refractivity contribution in [2.24, 2.45) is 0 Å². The van der Waals surface area contributed by atoms with E-state index in [-0.39, 0.29) is 5.52 Å². The lowest BCUT2D eigenvalue weighted by Gasteiger charge is -2.22. The van der Waals surface area contributed by atoms with Crippen LogP contribution in [0.4, 0.5) is 22.7 Å². The summed E-state index contributed by atoms with van der Waals surface area (Å²) in [5.41, 5.74) is 1.28. The summed E-state index contributed by atoms with van der Waals surface area (Å²) in [4.78, 5) is 17.0. The molecule has 1 aromatic heterocycles. The molecular formula is C27H20F4N2O3S. The molecule has 0 atom stereocenters. The molecule has 0 unspecified atom stereocenters. The van der Waals surface area contributed by atoms with Gasteiger partial charge in [-0.15, -0.1) is 0 Å². The molecule has 0 aliphatic rings. The molecule has 4 aromatic rings. The van der Waals surface area contributed by atoms with Gasteiger partial charge < -0.3 is 14.7 Å². The van der Waals surface area contributed by atoms with Gasteiger partial charge in [0.1, 0.15) is 11.6 Å². The fourth-order valence-corrected chi connectivity index (χ4v) is 4.59. The highest BCUT2D eigenvalue weighted by atomic mass is 32.1. The van der Waals surface area contributed by atoms with Crippen LogP contribution in [-0.4, -0.2) is 29.7 Å². The second kappa shape index (κ2) is 10.9. The number of rotatable bonds is 7. The molecule has 10 heteroatoms. The number of carbonyl (C=O) groups is 1. The zero-order valence-corrected chi connectivity index (χ0v) is 20.3. The molecule has 1 heterocycles. The van der Waals surface area contributed by atoms with Crippen LogP contribution in [0.5, 0.6) is 5.75 Å². The summed E-state index contributed by atoms with van der Waals surface area (Å²) < 4.78 is 59.7. The lowest BCUT2D eigenvalue weighted by atomic mass is 10.1. The van der Waals surface area contributed by atoms with E-state index in [0.717, 1.165) is 17.7 Å². The summed E-state index contributed by atoms with van der Waals surface area (Å²) in [6.45, 7) is 0.687. The van der Waals surface area contributed by atoms with E-state index < -0.39 is 23.5 Å². The van der Waals surface area contributed by atoms with E-state index in [1.165, 1.54) is 30.6 Å². The minimum atomic E-state index is -4.48. The fraction of sp³-hybridized carbons (Fsp3) is 0.185. The number of carboxylic acids is 1. The molecule has 4 rings (SSSR count). The number of halogens is 4. The van der Waals surface area contributed by atoms with Crippen molar-refractivity contribution in [3.8, 4) is 17.6 Å². The maximum Gasteiger partial charge on any atom is 0.416 e. The normalized spacial score (nSPS) is 11.2. The first-order valence-electron chi connectivity index (χ1n) is 11.0. The van der Waals surface area contributed by atoms with Crippen LogP contribution in [0.15, 0.2) is 60.7 Å². The van der Waals surface area contributed by atoms with Crippen LogP contribution >= 0.6 is 11.3 Å². The average molecular weight is 529 g/mol. The van der Waals surface area contributed by atoms with Crippen molar-refractivity contribution in [3.05, 3.63) is 88.7 Å². The van der Waals surface area contributed by atoms with Gasteiger partial charge in [-0.3, -0.25) is 0 Å². The Bertz CT molecular complexity index is 1490. The van der Waals surface area contributed by atoms with E-state index in [4.69, 9.17) is 9.84 Å². The van der Waals surface area contributed by atoms with Gasteiger partial charge in [0.05, 0.1) is 22.9 Å². The molecule has 0 aliphatic heterocycles. The van der Waals surface area contributed by atoms with Crippen molar-refractivity contribution in [1.29, 1.82) is 0 Å². The predicted octanol–water partition coefficient (Wildman–Crippen LogP) is 6.15. The molecule has 190 valence electrons. The van der Waals surface area contributed by atoms with Crippen molar-refractivity contribution in [2.75, 3.05) is 18.6 Å². The highest BCUT2D eigenvalue weighted by Gasteiger charge is 2.31. The van der Waals surface area contributed by atoms with Gasteiger partial charge in [0.15, 0.2) is 5.13 Å². The van der Waals surface area contributed by atoms with Crippen molar-refractivity contribution in [1.82, 2.24) is 4.98 Å². The van der Waals surface area contributed by atoms with Gasteiger partial charge in [-0.25, -0.2) is 14.2 Å². The Labute approximate surface area is 213 Å². The molecule has 0 amide bonds. The molecule has 0 saturated heterocycles. The lowest BCUT2D eigenvalue weighted by molar-refractivity contribution is -0.137. The van der Waals surface area contributed by atoms with Crippen LogP contribution in [0.1, 0.15) is 22.3 Å². The van der Waals surface area contributed by atoms with Crippen LogP contribution in [0.2, 0.25) is 0 Å². The number of hydrogen-bond donors (Lipinski definition) is 1. The molecule has 1 N–H and O–H groups in total. The second-order valence-corrected chi connectivity index (χ2v) is 9.07. The van der Waals surface area contributed by atoms with E-state index in [2.05, 4.69) is 16.8 Å². The Kier molecular flexibility index (Phi) is 7.64. The van der Waals surface area contributed by atoms with Crippen molar-refractivity contribution >= 4 is 32.7 Å². The number of aromatic nitrogens is 1. The molecule has 0 fully saturated rings. The number of nitrogens with zero attached hydrogens (tertiary/aromatic N) is 2. The third-order valence-electron chi connectivity index (χ3n) is 5.53. The smallest absolute Gasteiger partial charge is 0.416 e. The van der Waals surface area contributed by atoms with Gasteiger partial charge in [-0.2, -0.15) is 13.2 Å². The monoisotopic (exact) mass is 528 g/mol. The summed E-state index contributed by atoms with van der Waals surface area (Å²) in [7, 11) is 1.45. The van der Waals surface area contributed by atoms with E-state index in [1.54, 1.807) is 36.4 Å². The van der Waals surface area contributed by atoms with E-state index >= 15 is 0 Å². The van der Waals surface area contributed by atoms with Crippen molar-refractivity contribution in [3.63, 3.8) is 0 Å². The minimum absolute atomic E-state index is 0.231. The molecule has 5 nitrogen and oxygen atoms in total. The third kappa shape index (κ3) is 6.57. The molecular weight excluding hydrogens is 508 g/mol. The highest BCUT2D eigenvalue weighted by Crippen LogP contribution is 2.35. The number of benzene rings is 3. The van der Waals surface area contributed by atoms with Gasteiger partial charge in [-0.1, -0.05) is 35.5 Å². The zero-order chi connectivity index (χ0) is 26.6. The fourth-order valence-electron chi connectivity index (χ4n) is 3.62. The molecule has 3 aromatic carbocycles. The lowest BCUT2D eigenvalue weighted by Crippen LogP contribution is -2.25. The largest absolute Gasteiger partial charge is 0.497 e. The Morgan fingerprint density at radius 1 is 1.11 bits per heavy atom. The number of methoxy groups -OCH3 is 1. The van der Waals surface area contributed by atoms with E-state index in [9.17, 15) is 22.4 Å². The summed E-state index contributed by atoms with van der Waals surface area (Å²) in [5, 5.41) is 9.21. The number of anilines is 1. The highest BCUT2D eigenvalue weighted by molar-refractivity contribution is 7.22. The van der Waals surface area contributed by atoms with Crippen molar-refractivity contribution < 1.29 is 32.2 Å². The average Bonchev–Trinajstić information content (AvgIpc) is 3.29. The van der Waals surface area contributed by atoms with E-state index in [0.29, 0.717) is 46.2 Å². The SMILES string of the molecule is COc1ccc(CCN(Cc2ccc(C#CC(=O)O)cc2)c2nc3cc(C(F)(F)F)ccc3s2)c(F)c1. The van der Waals surface area contributed by atoms with Gasteiger partial charge in [-0.05, 0) is 53.9 Å². The maximum absolute atomic E-state index is 14.5. The minimum Gasteiger partial charge on any atom is -0.497 e. The third-order valence-corrected chi connectivity index (χ3v) is 6.62. The number of aliphatic carboxylic acids is 1.